The first-order valence-electron chi connectivity index (χ1n) is 7.76. The molecule has 0 aliphatic heterocycles. The van der Waals surface area contributed by atoms with Gasteiger partial charge in [-0.25, -0.2) is 9.78 Å². The number of nitrogens with zero attached hydrogens (tertiary/aromatic N) is 2. The summed E-state index contributed by atoms with van der Waals surface area (Å²) in [4.78, 5) is 16.6. The Hall–Kier alpha value is -3.19. The van der Waals surface area contributed by atoms with Crippen molar-refractivity contribution in [2.24, 2.45) is 0 Å². The zero-order valence-electron chi connectivity index (χ0n) is 13.2. The molecule has 2 amide bonds. The van der Waals surface area contributed by atoms with Gasteiger partial charge in [0.25, 0.3) is 0 Å². The third-order valence-corrected chi connectivity index (χ3v) is 4.78. The van der Waals surface area contributed by atoms with Crippen LogP contribution in [-0.2, 0) is 6.54 Å². The van der Waals surface area contributed by atoms with Crippen molar-refractivity contribution in [1.82, 2.24) is 20.5 Å². The number of rotatable bonds is 4. The van der Waals surface area contributed by atoms with Gasteiger partial charge in [-0.15, -0.1) is 11.3 Å². The lowest BCUT2D eigenvalue weighted by Crippen LogP contribution is -2.27. The Morgan fingerprint density at radius 3 is 2.72 bits per heavy atom. The lowest BCUT2D eigenvalue weighted by Gasteiger charge is -2.07. The highest BCUT2D eigenvalue weighted by atomic mass is 32.1. The molecule has 0 radical (unpaired) electrons. The molecule has 0 aliphatic carbocycles. The van der Waals surface area contributed by atoms with Gasteiger partial charge in [0.1, 0.15) is 5.01 Å². The first-order valence-corrected chi connectivity index (χ1v) is 8.58. The normalized spacial score (nSPS) is 10.7. The number of hydrogen-bond donors (Lipinski definition) is 3. The van der Waals surface area contributed by atoms with Gasteiger partial charge in [-0.05, 0) is 36.4 Å². The van der Waals surface area contributed by atoms with Gasteiger partial charge in [-0.2, -0.15) is 5.10 Å². The van der Waals surface area contributed by atoms with Crippen LogP contribution >= 0.6 is 11.3 Å². The maximum atomic E-state index is 11.9. The molecule has 0 saturated carbocycles. The molecule has 4 aromatic rings. The third kappa shape index (κ3) is 3.51. The zero-order chi connectivity index (χ0) is 17.1. The highest BCUT2D eigenvalue weighted by molar-refractivity contribution is 7.21. The number of para-hydroxylation sites is 1. The fraction of sp³-hybridized carbons (Fsp3) is 0.0556. The van der Waals surface area contributed by atoms with Crippen LogP contribution in [0.5, 0.6) is 0 Å². The number of thiazole rings is 1. The molecule has 0 aliphatic rings. The second-order valence-corrected chi connectivity index (χ2v) is 6.51. The predicted molar refractivity (Wildman–Crippen MR) is 99.5 cm³/mol. The van der Waals surface area contributed by atoms with E-state index in [2.05, 4.69) is 31.9 Å². The van der Waals surface area contributed by atoms with Gasteiger partial charge in [0, 0.05) is 29.6 Å². The van der Waals surface area contributed by atoms with Gasteiger partial charge in [0.15, 0.2) is 0 Å². The molecule has 0 spiro atoms. The maximum absolute atomic E-state index is 11.9. The number of aromatic nitrogens is 3. The van der Waals surface area contributed by atoms with Crippen LogP contribution in [0.4, 0.5) is 10.5 Å². The largest absolute Gasteiger partial charge is 0.334 e. The second kappa shape index (κ2) is 6.74. The van der Waals surface area contributed by atoms with Crippen molar-refractivity contribution in [3.63, 3.8) is 0 Å². The second-order valence-electron chi connectivity index (χ2n) is 5.48. The summed E-state index contributed by atoms with van der Waals surface area (Å²) in [5.41, 5.74) is 3.68. The van der Waals surface area contributed by atoms with E-state index in [4.69, 9.17) is 0 Å². The fourth-order valence-corrected chi connectivity index (χ4v) is 3.39. The van der Waals surface area contributed by atoms with Crippen LogP contribution < -0.4 is 10.6 Å². The van der Waals surface area contributed by atoms with Crippen molar-refractivity contribution in [2.45, 2.75) is 6.54 Å². The molecule has 124 valence electrons. The van der Waals surface area contributed by atoms with Crippen LogP contribution in [0.1, 0.15) is 5.56 Å². The number of urea groups is 1. The zero-order valence-corrected chi connectivity index (χ0v) is 14.0. The average Bonchev–Trinajstić information content (AvgIpc) is 3.30. The Bertz CT molecular complexity index is 959. The van der Waals surface area contributed by atoms with Gasteiger partial charge in [-0.1, -0.05) is 12.1 Å². The highest BCUT2D eigenvalue weighted by Crippen LogP contribution is 2.30. The summed E-state index contributed by atoms with van der Waals surface area (Å²) >= 11 is 1.66. The quantitative estimate of drug-likeness (QED) is 0.520. The topological polar surface area (TPSA) is 82.7 Å². The van der Waals surface area contributed by atoms with Crippen molar-refractivity contribution in [3.8, 4) is 10.6 Å². The van der Waals surface area contributed by atoms with Gasteiger partial charge < -0.3 is 10.6 Å². The number of H-pyrrole nitrogens is 1. The number of nitrogens with one attached hydrogen (secondary N) is 3. The Morgan fingerprint density at radius 2 is 1.96 bits per heavy atom. The number of carbonyl (C=O) groups excluding carboxylic acids is 1. The Labute approximate surface area is 147 Å². The van der Waals surface area contributed by atoms with E-state index in [1.807, 2.05) is 42.5 Å². The Kier molecular flexibility index (Phi) is 4.14. The lowest BCUT2D eigenvalue weighted by atomic mass is 10.2. The molecular weight excluding hydrogens is 334 g/mol. The summed E-state index contributed by atoms with van der Waals surface area (Å²) in [6.07, 6.45) is 3.42. The van der Waals surface area contributed by atoms with Crippen LogP contribution in [0, 0.1) is 0 Å². The summed E-state index contributed by atoms with van der Waals surface area (Å²) in [7, 11) is 0. The summed E-state index contributed by atoms with van der Waals surface area (Å²) in [5.74, 6) is 0. The summed E-state index contributed by atoms with van der Waals surface area (Å²) in [5, 5.41) is 13.1. The van der Waals surface area contributed by atoms with Crippen LogP contribution in [0.25, 0.3) is 20.8 Å². The number of hydrogen-bond acceptors (Lipinski definition) is 4. The minimum atomic E-state index is -0.256. The number of benzene rings is 2. The van der Waals surface area contributed by atoms with E-state index in [9.17, 15) is 4.79 Å². The van der Waals surface area contributed by atoms with E-state index in [1.165, 1.54) is 4.70 Å². The predicted octanol–water partition coefficient (Wildman–Crippen LogP) is 4.01. The molecule has 2 heterocycles. The third-order valence-electron chi connectivity index (χ3n) is 3.69. The van der Waals surface area contributed by atoms with Crippen molar-refractivity contribution in [2.75, 3.05) is 5.32 Å². The number of carbonyl (C=O) groups is 1. The molecule has 0 fully saturated rings. The monoisotopic (exact) mass is 349 g/mol. The minimum absolute atomic E-state index is 0.256. The molecule has 7 heteroatoms. The number of amides is 2. The van der Waals surface area contributed by atoms with Crippen LogP contribution in [-0.4, -0.2) is 21.2 Å². The molecule has 25 heavy (non-hydrogen) atoms. The number of fused-ring (bicyclic) bond motifs is 1. The van der Waals surface area contributed by atoms with Gasteiger partial charge in [-0.3, -0.25) is 5.10 Å². The maximum Gasteiger partial charge on any atom is 0.319 e. The lowest BCUT2D eigenvalue weighted by molar-refractivity contribution is 0.251. The van der Waals surface area contributed by atoms with E-state index in [0.717, 1.165) is 27.3 Å². The summed E-state index contributed by atoms with van der Waals surface area (Å²) < 4.78 is 1.17. The van der Waals surface area contributed by atoms with Gasteiger partial charge in [0.05, 0.1) is 16.4 Å². The van der Waals surface area contributed by atoms with Crippen molar-refractivity contribution < 1.29 is 4.79 Å². The van der Waals surface area contributed by atoms with E-state index < -0.39 is 0 Å². The highest BCUT2D eigenvalue weighted by Gasteiger charge is 2.07. The molecule has 4 rings (SSSR count). The smallest absolute Gasteiger partial charge is 0.319 e. The fourth-order valence-electron chi connectivity index (χ4n) is 2.42. The van der Waals surface area contributed by atoms with E-state index >= 15 is 0 Å². The molecule has 0 saturated heterocycles. The van der Waals surface area contributed by atoms with E-state index in [0.29, 0.717) is 6.54 Å². The van der Waals surface area contributed by atoms with Crippen LogP contribution in [0.3, 0.4) is 0 Å². The van der Waals surface area contributed by atoms with Gasteiger partial charge in [0.2, 0.25) is 0 Å². The van der Waals surface area contributed by atoms with Crippen LogP contribution in [0.15, 0.2) is 60.9 Å². The molecular formula is C18H15N5OS. The molecule has 3 N–H and O–H groups in total. The molecule has 0 unspecified atom stereocenters. The molecule has 0 atom stereocenters. The standard InChI is InChI=1S/C18H15N5OS/c24-18(19-9-12-10-20-21-11-12)22-14-7-5-13(6-8-14)17-23-15-3-1-2-4-16(15)25-17/h1-8,10-11H,9H2,(H,20,21)(H2,19,22,24). The Morgan fingerprint density at radius 1 is 1.12 bits per heavy atom. The molecule has 0 bridgehead atoms. The molecule has 6 nitrogen and oxygen atoms in total. The van der Waals surface area contributed by atoms with Crippen molar-refractivity contribution in [1.29, 1.82) is 0 Å². The molecule has 2 aromatic carbocycles. The van der Waals surface area contributed by atoms with E-state index in [1.54, 1.807) is 23.7 Å². The average molecular weight is 349 g/mol. The van der Waals surface area contributed by atoms with Crippen molar-refractivity contribution >= 4 is 33.3 Å². The van der Waals surface area contributed by atoms with Crippen molar-refractivity contribution in [3.05, 3.63) is 66.5 Å². The van der Waals surface area contributed by atoms with Crippen LogP contribution in [0.2, 0.25) is 0 Å². The summed E-state index contributed by atoms with van der Waals surface area (Å²) in [6.45, 7) is 0.423. The first-order chi connectivity index (χ1) is 12.3. The summed E-state index contributed by atoms with van der Waals surface area (Å²) in [6, 6.07) is 15.5. The minimum Gasteiger partial charge on any atom is -0.334 e. The molecule has 2 aromatic heterocycles. The first kappa shape index (κ1) is 15.3. The number of anilines is 1. The SMILES string of the molecule is O=C(NCc1cn[nH]c1)Nc1ccc(-c2nc3ccccc3s2)cc1. The Balaban J connectivity index is 1.42. The van der Waals surface area contributed by atoms with Gasteiger partial charge >= 0.3 is 6.03 Å². The van der Waals surface area contributed by atoms with E-state index in [-0.39, 0.29) is 6.03 Å². The number of aromatic amines is 1.